The molecule has 6 N–H and O–H groups in total. The summed E-state index contributed by atoms with van der Waals surface area (Å²) in [6, 6.07) is 9.64. The van der Waals surface area contributed by atoms with Gasteiger partial charge in [0.1, 0.15) is 5.54 Å². The fourth-order valence-electron chi connectivity index (χ4n) is 2.10. The van der Waals surface area contributed by atoms with Crippen molar-refractivity contribution in [2.45, 2.75) is 31.7 Å². The largest absolute Gasteiger partial charge is 0.465 e. The maximum atomic E-state index is 12.2. The van der Waals surface area contributed by atoms with Crippen LogP contribution in [0.1, 0.15) is 25.3 Å². The zero-order chi connectivity index (χ0) is 15.7. The quantitative estimate of drug-likeness (QED) is 0.280. The molecule has 0 bridgehead atoms. The van der Waals surface area contributed by atoms with E-state index >= 15 is 0 Å². The first-order chi connectivity index (χ1) is 9.98. The number of ether oxygens (including phenoxy) is 1. The van der Waals surface area contributed by atoms with Gasteiger partial charge >= 0.3 is 5.97 Å². The van der Waals surface area contributed by atoms with Gasteiger partial charge in [-0.1, -0.05) is 30.3 Å². The number of aliphatic imine (C=N–C) groups is 1. The number of guanidine groups is 1. The third kappa shape index (κ3) is 5.83. The molecule has 0 aliphatic heterocycles. The highest BCUT2D eigenvalue weighted by atomic mass is 16.5. The molecule has 0 heterocycles. The Hall–Kier alpha value is -2.08. The molecule has 0 unspecified atom stereocenters. The minimum absolute atomic E-state index is 0.0387. The third-order valence-electron chi connectivity index (χ3n) is 3.12. The van der Waals surface area contributed by atoms with Gasteiger partial charge in [0.2, 0.25) is 0 Å². The van der Waals surface area contributed by atoms with E-state index in [4.69, 9.17) is 21.9 Å². The van der Waals surface area contributed by atoms with Crippen molar-refractivity contribution in [1.82, 2.24) is 0 Å². The molecule has 1 atom stereocenters. The second-order valence-electron chi connectivity index (χ2n) is 4.95. The molecule has 0 spiro atoms. The van der Waals surface area contributed by atoms with Gasteiger partial charge in [0.15, 0.2) is 5.96 Å². The first kappa shape index (κ1) is 17.0. The van der Waals surface area contributed by atoms with Gasteiger partial charge in [-0.3, -0.25) is 9.79 Å². The van der Waals surface area contributed by atoms with Crippen LogP contribution in [-0.4, -0.2) is 30.6 Å². The van der Waals surface area contributed by atoms with Gasteiger partial charge in [-0.25, -0.2) is 0 Å². The highest BCUT2D eigenvalue weighted by molar-refractivity contribution is 5.81. The summed E-state index contributed by atoms with van der Waals surface area (Å²) >= 11 is 0. The van der Waals surface area contributed by atoms with E-state index in [2.05, 4.69) is 4.99 Å². The Morgan fingerprint density at radius 3 is 2.52 bits per heavy atom. The summed E-state index contributed by atoms with van der Waals surface area (Å²) in [6.07, 6.45) is 1.49. The Morgan fingerprint density at radius 2 is 1.95 bits per heavy atom. The molecule has 0 fully saturated rings. The predicted octanol–water partition coefficient (Wildman–Crippen LogP) is 0.543. The highest BCUT2D eigenvalue weighted by Gasteiger charge is 2.35. The molecule has 0 aliphatic carbocycles. The highest BCUT2D eigenvalue weighted by Crippen LogP contribution is 2.19. The molecule has 116 valence electrons. The van der Waals surface area contributed by atoms with Crippen LogP contribution in [0.5, 0.6) is 0 Å². The molecule has 1 aromatic carbocycles. The van der Waals surface area contributed by atoms with Crippen LogP contribution in [0.3, 0.4) is 0 Å². The molecule has 1 rings (SSSR count). The lowest BCUT2D eigenvalue weighted by molar-refractivity contribution is -0.150. The van der Waals surface area contributed by atoms with Gasteiger partial charge in [-0.15, -0.1) is 0 Å². The molecule has 0 saturated heterocycles. The minimum atomic E-state index is -1.06. The summed E-state index contributed by atoms with van der Waals surface area (Å²) in [5.41, 5.74) is 16.8. The van der Waals surface area contributed by atoms with Gasteiger partial charge in [-0.2, -0.15) is 0 Å². The summed E-state index contributed by atoms with van der Waals surface area (Å²) in [6.45, 7) is 2.51. The Kier molecular flexibility index (Phi) is 6.68. The number of esters is 1. The molecule has 1 aromatic rings. The van der Waals surface area contributed by atoms with E-state index in [1.807, 2.05) is 30.3 Å². The number of rotatable bonds is 8. The normalized spacial score (nSPS) is 13.2. The number of nitrogens with two attached hydrogens (primary N) is 3. The fraction of sp³-hybridized carbons (Fsp3) is 0.467. The van der Waals surface area contributed by atoms with Crippen LogP contribution in [0.25, 0.3) is 0 Å². The van der Waals surface area contributed by atoms with Crippen molar-refractivity contribution in [3.8, 4) is 0 Å². The number of carbonyl (C=O) groups is 1. The molecule has 0 radical (unpaired) electrons. The maximum absolute atomic E-state index is 12.2. The first-order valence-electron chi connectivity index (χ1n) is 7.03. The number of nitrogens with zero attached hydrogens (tertiary/aromatic N) is 1. The molecule has 0 aromatic heterocycles. The van der Waals surface area contributed by atoms with Gasteiger partial charge in [0.25, 0.3) is 0 Å². The molecular weight excluding hydrogens is 268 g/mol. The lowest BCUT2D eigenvalue weighted by atomic mass is 9.87. The monoisotopic (exact) mass is 292 g/mol. The van der Waals surface area contributed by atoms with E-state index in [0.717, 1.165) is 5.56 Å². The van der Waals surface area contributed by atoms with Gasteiger partial charge < -0.3 is 21.9 Å². The second-order valence-corrected chi connectivity index (χ2v) is 4.95. The van der Waals surface area contributed by atoms with Crippen LogP contribution >= 0.6 is 0 Å². The average Bonchev–Trinajstić information content (AvgIpc) is 2.45. The van der Waals surface area contributed by atoms with E-state index in [0.29, 0.717) is 32.4 Å². The van der Waals surface area contributed by atoms with Gasteiger partial charge in [-0.05, 0) is 25.3 Å². The van der Waals surface area contributed by atoms with Crippen LogP contribution in [0.2, 0.25) is 0 Å². The standard InChI is InChI=1S/C15H24N4O2/c1-2-21-13(20)15(18,9-6-10-19-14(16)17)11-12-7-4-3-5-8-12/h3-5,7-8H,2,6,9-11,18H2,1H3,(H4,16,17,19)/t15-/m1/s1. The van der Waals surface area contributed by atoms with Crippen molar-refractivity contribution in [3.63, 3.8) is 0 Å². The molecule has 0 aliphatic rings. The zero-order valence-corrected chi connectivity index (χ0v) is 12.4. The van der Waals surface area contributed by atoms with Gasteiger partial charge in [0.05, 0.1) is 6.61 Å². The second kappa shape index (κ2) is 8.26. The molecule has 21 heavy (non-hydrogen) atoms. The number of hydrogen-bond acceptors (Lipinski definition) is 4. The van der Waals surface area contributed by atoms with Crippen LogP contribution < -0.4 is 17.2 Å². The molecular formula is C15H24N4O2. The van der Waals surface area contributed by atoms with E-state index in [1.54, 1.807) is 6.92 Å². The van der Waals surface area contributed by atoms with Crippen LogP contribution in [-0.2, 0) is 16.0 Å². The Bertz CT molecular complexity index is 472. The van der Waals surface area contributed by atoms with Crippen molar-refractivity contribution < 1.29 is 9.53 Å². The number of carbonyl (C=O) groups excluding carboxylic acids is 1. The Labute approximate surface area is 125 Å². The molecule has 0 saturated carbocycles. The first-order valence-corrected chi connectivity index (χ1v) is 7.03. The SMILES string of the molecule is CCOC(=O)[C@@](N)(CCCN=C(N)N)Cc1ccccc1. The summed E-state index contributed by atoms with van der Waals surface area (Å²) in [4.78, 5) is 16.1. The lowest BCUT2D eigenvalue weighted by Crippen LogP contribution is -2.51. The molecule has 6 nitrogen and oxygen atoms in total. The van der Waals surface area contributed by atoms with Crippen molar-refractivity contribution in [2.24, 2.45) is 22.2 Å². The van der Waals surface area contributed by atoms with Crippen molar-refractivity contribution in [2.75, 3.05) is 13.2 Å². The summed E-state index contributed by atoms with van der Waals surface area (Å²) < 4.78 is 5.11. The Morgan fingerprint density at radius 1 is 1.29 bits per heavy atom. The minimum Gasteiger partial charge on any atom is -0.465 e. The Balaban J connectivity index is 2.74. The molecule has 0 amide bonds. The van der Waals surface area contributed by atoms with E-state index in [-0.39, 0.29) is 5.96 Å². The smallest absolute Gasteiger partial charge is 0.326 e. The molecule has 6 heteroatoms. The van der Waals surface area contributed by atoms with Crippen molar-refractivity contribution >= 4 is 11.9 Å². The van der Waals surface area contributed by atoms with E-state index in [1.165, 1.54) is 0 Å². The van der Waals surface area contributed by atoms with Gasteiger partial charge in [0, 0.05) is 13.0 Å². The fourth-order valence-corrected chi connectivity index (χ4v) is 2.10. The lowest BCUT2D eigenvalue weighted by Gasteiger charge is -2.27. The van der Waals surface area contributed by atoms with Crippen molar-refractivity contribution in [1.29, 1.82) is 0 Å². The van der Waals surface area contributed by atoms with E-state index in [9.17, 15) is 4.79 Å². The summed E-state index contributed by atoms with van der Waals surface area (Å²) in [5, 5.41) is 0. The third-order valence-corrected chi connectivity index (χ3v) is 3.12. The van der Waals surface area contributed by atoms with Crippen LogP contribution in [0.15, 0.2) is 35.3 Å². The van der Waals surface area contributed by atoms with E-state index < -0.39 is 11.5 Å². The summed E-state index contributed by atoms with van der Waals surface area (Å²) in [5.74, 6) is -0.352. The average molecular weight is 292 g/mol. The zero-order valence-electron chi connectivity index (χ0n) is 12.4. The van der Waals surface area contributed by atoms with Crippen LogP contribution in [0.4, 0.5) is 0 Å². The predicted molar refractivity (Wildman–Crippen MR) is 83.6 cm³/mol. The number of hydrogen-bond donors (Lipinski definition) is 3. The van der Waals surface area contributed by atoms with Crippen molar-refractivity contribution in [3.05, 3.63) is 35.9 Å². The topological polar surface area (TPSA) is 117 Å². The maximum Gasteiger partial charge on any atom is 0.326 e. The summed E-state index contributed by atoms with van der Waals surface area (Å²) in [7, 11) is 0. The van der Waals surface area contributed by atoms with Crippen LogP contribution in [0, 0.1) is 0 Å². The number of benzene rings is 1.